The van der Waals surface area contributed by atoms with Crippen LogP contribution in [0.3, 0.4) is 0 Å². The van der Waals surface area contributed by atoms with E-state index in [4.69, 9.17) is 14.6 Å². The Balaban J connectivity index is 2.77. The highest BCUT2D eigenvalue weighted by atomic mass is 16.5. The summed E-state index contributed by atoms with van der Waals surface area (Å²) in [6, 6.07) is 4.28. The molecule has 0 atom stereocenters. The second-order valence-electron chi connectivity index (χ2n) is 3.72. The Hall–Kier alpha value is -2.08. The molecule has 0 radical (unpaired) electrons. The van der Waals surface area contributed by atoms with Crippen LogP contribution in [0.2, 0.25) is 0 Å². The first-order chi connectivity index (χ1) is 9.08. The number of amides is 1. The van der Waals surface area contributed by atoms with E-state index in [0.717, 1.165) is 0 Å². The molecule has 0 heterocycles. The first-order valence-electron chi connectivity index (χ1n) is 5.87. The number of carbonyl (C=O) groups excluding carboxylic acids is 1. The minimum Gasteiger partial charge on any atom is -0.495 e. The van der Waals surface area contributed by atoms with E-state index in [0.29, 0.717) is 24.7 Å². The third-order valence-electron chi connectivity index (χ3n) is 2.40. The number of benzene rings is 1. The van der Waals surface area contributed by atoms with Crippen molar-refractivity contribution >= 4 is 17.6 Å². The van der Waals surface area contributed by atoms with Gasteiger partial charge in [0.2, 0.25) is 5.91 Å². The molecule has 19 heavy (non-hydrogen) atoms. The average Bonchev–Trinajstić information content (AvgIpc) is 2.38. The van der Waals surface area contributed by atoms with Crippen molar-refractivity contribution in [1.29, 1.82) is 0 Å². The first kappa shape index (κ1) is 15.0. The highest BCUT2D eigenvalue weighted by Gasteiger charge is 2.11. The van der Waals surface area contributed by atoms with Crippen LogP contribution in [0.1, 0.15) is 23.7 Å². The molecule has 2 N–H and O–H groups in total. The fourth-order valence-electron chi connectivity index (χ4n) is 1.46. The Bertz CT molecular complexity index is 458. The van der Waals surface area contributed by atoms with Crippen LogP contribution < -0.4 is 10.1 Å². The number of methoxy groups -OCH3 is 1. The molecule has 0 aliphatic heterocycles. The third-order valence-corrected chi connectivity index (χ3v) is 2.40. The van der Waals surface area contributed by atoms with Crippen LogP contribution in [-0.2, 0) is 9.53 Å². The Morgan fingerprint density at radius 2 is 2.11 bits per heavy atom. The standard InChI is InChI=1S/C13H17NO5/c1-3-19-7-6-12(15)14-10-8-9(13(16)17)4-5-11(10)18-2/h4-5,8H,3,6-7H2,1-2H3,(H,14,15)(H,16,17). The van der Waals surface area contributed by atoms with E-state index in [1.807, 2.05) is 6.92 Å². The van der Waals surface area contributed by atoms with Gasteiger partial charge >= 0.3 is 5.97 Å². The summed E-state index contributed by atoms with van der Waals surface area (Å²) in [4.78, 5) is 22.5. The molecule has 1 rings (SSSR count). The molecule has 0 saturated heterocycles. The summed E-state index contributed by atoms with van der Waals surface area (Å²) in [7, 11) is 1.45. The molecular weight excluding hydrogens is 250 g/mol. The van der Waals surface area contributed by atoms with Gasteiger partial charge in [-0.1, -0.05) is 0 Å². The van der Waals surface area contributed by atoms with Crippen molar-refractivity contribution in [3.63, 3.8) is 0 Å². The van der Waals surface area contributed by atoms with E-state index in [2.05, 4.69) is 5.32 Å². The number of aromatic carboxylic acids is 1. The maximum atomic E-state index is 11.6. The number of ether oxygens (including phenoxy) is 2. The van der Waals surface area contributed by atoms with Gasteiger partial charge < -0.3 is 19.9 Å². The smallest absolute Gasteiger partial charge is 0.335 e. The zero-order valence-electron chi connectivity index (χ0n) is 10.9. The summed E-state index contributed by atoms with van der Waals surface area (Å²) in [6.07, 6.45) is 0.203. The quantitative estimate of drug-likeness (QED) is 0.735. The van der Waals surface area contributed by atoms with Gasteiger partial charge in [-0.15, -0.1) is 0 Å². The molecule has 0 spiro atoms. The number of carbonyl (C=O) groups is 2. The van der Waals surface area contributed by atoms with E-state index < -0.39 is 5.97 Å². The van der Waals surface area contributed by atoms with Crippen molar-refractivity contribution in [1.82, 2.24) is 0 Å². The van der Waals surface area contributed by atoms with Gasteiger partial charge in [-0.05, 0) is 25.1 Å². The minimum absolute atomic E-state index is 0.0842. The van der Waals surface area contributed by atoms with Crippen molar-refractivity contribution in [3.05, 3.63) is 23.8 Å². The molecule has 0 saturated carbocycles. The normalized spacial score (nSPS) is 10.0. The monoisotopic (exact) mass is 267 g/mol. The lowest BCUT2D eigenvalue weighted by Gasteiger charge is -2.11. The van der Waals surface area contributed by atoms with Gasteiger partial charge in [0.1, 0.15) is 5.75 Å². The molecule has 1 aromatic carbocycles. The van der Waals surface area contributed by atoms with Crippen LogP contribution in [0.15, 0.2) is 18.2 Å². The summed E-state index contributed by atoms with van der Waals surface area (Å²) in [5, 5.41) is 11.5. The molecule has 0 aliphatic rings. The molecule has 104 valence electrons. The highest BCUT2D eigenvalue weighted by Crippen LogP contribution is 2.25. The third kappa shape index (κ3) is 4.59. The van der Waals surface area contributed by atoms with Crippen LogP contribution in [0.5, 0.6) is 5.75 Å². The Labute approximate surface area is 111 Å². The minimum atomic E-state index is -1.06. The molecule has 0 aromatic heterocycles. The number of hydrogen-bond donors (Lipinski definition) is 2. The number of carboxylic acids is 1. The number of nitrogens with one attached hydrogen (secondary N) is 1. The molecule has 1 amide bonds. The highest BCUT2D eigenvalue weighted by molar-refractivity contribution is 5.95. The lowest BCUT2D eigenvalue weighted by molar-refractivity contribution is -0.117. The summed E-state index contributed by atoms with van der Waals surface area (Å²) in [6.45, 7) is 2.71. The number of hydrogen-bond acceptors (Lipinski definition) is 4. The molecule has 6 heteroatoms. The van der Waals surface area contributed by atoms with E-state index >= 15 is 0 Å². The molecular formula is C13H17NO5. The molecule has 1 aromatic rings. The maximum absolute atomic E-state index is 11.6. The predicted molar refractivity (Wildman–Crippen MR) is 69.7 cm³/mol. The Morgan fingerprint density at radius 1 is 1.37 bits per heavy atom. The lowest BCUT2D eigenvalue weighted by atomic mass is 10.2. The van der Waals surface area contributed by atoms with Crippen LogP contribution in [0, 0.1) is 0 Å². The van der Waals surface area contributed by atoms with E-state index in [1.54, 1.807) is 0 Å². The second-order valence-corrected chi connectivity index (χ2v) is 3.72. The van der Waals surface area contributed by atoms with Gasteiger partial charge in [0, 0.05) is 6.61 Å². The van der Waals surface area contributed by atoms with Crippen LogP contribution in [0.4, 0.5) is 5.69 Å². The van der Waals surface area contributed by atoms with Gasteiger partial charge in [-0.3, -0.25) is 4.79 Å². The SMILES string of the molecule is CCOCCC(=O)Nc1cc(C(=O)O)ccc1OC. The Kier molecular flexibility index (Phi) is 5.81. The fourth-order valence-corrected chi connectivity index (χ4v) is 1.46. The van der Waals surface area contributed by atoms with Gasteiger partial charge in [-0.2, -0.15) is 0 Å². The molecule has 0 unspecified atom stereocenters. The van der Waals surface area contributed by atoms with E-state index in [1.165, 1.54) is 25.3 Å². The summed E-state index contributed by atoms with van der Waals surface area (Å²) < 4.78 is 10.1. The number of rotatable bonds is 7. The lowest BCUT2D eigenvalue weighted by Crippen LogP contribution is -2.15. The first-order valence-corrected chi connectivity index (χ1v) is 5.87. The fraction of sp³-hybridized carbons (Fsp3) is 0.385. The number of anilines is 1. The van der Waals surface area contributed by atoms with E-state index in [-0.39, 0.29) is 17.9 Å². The van der Waals surface area contributed by atoms with Crippen molar-refractivity contribution in [2.24, 2.45) is 0 Å². The maximum Gasteiger partial charge on any atom is 0.335 e. The summed E-state index contributed by atoms with van der Waals surface area (Å²) in [5.74, 6) is -0.906. The Morgan fingerprint density at radius 3 is 2.68 bits per heavy atom. The van der Waals surface area contributed by atoms with Crippen LogP contribution in [0.25, 0.3) is 0 Å². The molecule has 0 aliphatic carbocycles. The summed E-state index contributed by atoms with van der Waals surface area (Å²) in [5.41, 5.74) is 0.421. The predicted octanol–water partition coefficient (Wildman–Crippen LogP) is 1.76. The van der Waals surface area contributed by atoms with Crippen molar-refractivity contribution in [2.75, 3.05) is 25.6 Å². The topological polar surface area (TPSA) is 84.9 Å². The van der Waals surface area contributed by atoms with Crippen LogP contribution >= 0.6 is 0 Å². The zero-order valence-corrected chi connectivity index (χ0v) is 10.9. The zero-order chi connectivity index (χ0) is 14.3. The van der Waals surface area contributed by atoms with Gasteiger partial charge in [0.05, 0.1) is 31.4 Å². The summed E-state index contributed by atoms with van der Waals surface area (Å²) >= 11 is 0. The van der Waals surface area contributed by atoms with Gasteiger partial charge in [-0.25, -0.2) is 4.79 Å². The largest absolute Gasteiger partial charge is 0.495 e. The van der Waals surface area contributed by atoms with Crippen LogP contribution in [-0.4, -0.2) is 37.3 Å². The molecule has 0 bridgehead atoms. The van der Waals surface area contributed by atoms with Gasteiger partial charge in [0.25, 0.3) is 0 Å². The molecule has 6 nitrogen and oxygen atoms in total. The number of carboxylic acid groups (broad SMARTS) is 1. The average molecular weight is 267 g/mol. The van der Waals surface area contributed by atoms with Crippen molar-refractivity contribution < 1.29 is 24.2 Å². The molecule has 0 fully saturated rings. The van der Waals surface area contributed by atoms with Crippen molar-refractivity contribution in [2.45, 2.75) is 13.3 Å². The van der Waals surface area contributed by atoms with E-state index in [9.17, 15) is 9.59 Å². The van der Waals surface area contributed by atoms with Crippen molar-refractivity contribution in [3.8, 4) is 5.75 Å². The van der Waals surface area contributed by atoms with Gasteiger partial charge in [0.15, 0.2) is 0 Å². The second kappa shape index (κ2) is 7.38.